The van der Waals surface area contributed by atoms with Crippen molar-refractivity contribution in [3.05, 3.63) is 59.7 Å². The zero-order valence-electron chi connectivity index (χ0n) is 15.8. The molecule has 0 fully saturated rings. The van der Waals surface area contributed by atoms with Gasteiger partial charge in [0, 0.05) is 18.5 Å². The summed E-state index contributed by atoms with van der Waals surface area (Å²) in [4.78, 5) is 23.1. The fourth-order valence-corrected chi connectivity index (χ4v) is 2.91. The maximum Gasteiger partial charge on any atom is 0.251 e. The lowest BCUT2D eigenvalue weighted by Gasteiger charge is -2.07. The number of rotatable bonds is 10. The Balaban J connectivity index is 1.78. The topological polar surface area (TPSA) is 78.4 Å². The Hall–Kier alpha value is -2.66. The van der Waals surface area contributed by atoms with Gasteiger partial charge in [0.05, 0.1) is 0 Å². The van der Waals surface area contributed by atoms with Gasteiger partial charge >= 0.3 is 0 Å². The summed E-state index contributed by atoms with van der Waals surface area (Å²) in [5, 5.41) is 11.3. The highest BCUT2D eigenvalue weighted by Crippen LogP contribution is 2.21. The summed E-state index contributed by atoms with van der Waals surface area (Å²) in [5.41, 5.74) is 5.83. The minimum atomic E-state index is -0.376. The minimum Gasteiger partial charge on any atom is -0.352 e. The molecule has 0 aliphatic carbocycles. The maximum absolute atomic E-state index is 12.2. The molecule has 0 unspecified atom stereocenters. The van der Waals surface area contributed by atoms with Gasteiger partial charge in [-0.1, -0.05) is 56.2 Å². The van der Waals surface area contributed by atoms with E-state index in [1.165, 1.54) is 5.56 Å². The van der Waals surface area contributed by atoms with Gasteiger partial charge in [0.15, 0.2) is 0 Å². The SMILES string of the molecule is CCCc1ccc(-c2ccc(C(=O)NCCCCCC(=O)NO)cc2)cc1. The molecule has 0 aromatic heterocycles. The highest BCUT2D eigenvalue weighted by molar-refractivity contribution is 5.94. The van der Waals surface area contributed by atoms with Crippen LogP contribution in [0.1, 0.15) is 54.9 Å². The third-order valence-electron chi connectivity index (χ3n) is 4.46. The molecule has 144 valence electrons. The Labute approximate surface area is 160 Å². The van der Waals surface area contributed by atoms with Crippen LogP contribution in [0.15, 0.2) is 48.5 Å². The van der Waals surface area contributed by atoms with Crippen molar-refractivity contribution in [3.8, 4) is 11.1 Å². The molecule has 27 heavy (non-hydrogen) atoms. The molecule has 2 aromatic carbocycles. The molecule has 0 saturated carbocycles. The third-order valence-corrected chi connectivity index (χ3v) is 4.46. The highest BCUT2D eigenvalue weighted by atomic mass is 16.5. The molecule has 0 aliphatic rings. The summed E-state index contributed by atoms with van der Waals surface area (Å²) in [5.74, 6) is -0.466. The zero-order valence-corrected chi connectivity index (χ0v) is 15.8. The smallest absolute Gasteiger partial charge is 0.251 e. The van der Waals surface area contributed by atoms with Gasteiger partial charge in [-0.05, 0) is 48.1 Å². The van der Waals surface area contributed by atoms with Gasteiger partial charge in [-0.25, -0.2) is 5.48 Å². The van der Waals surface area contributed by atoms with E-state index in [2.05, 4.69) is 36.5 Å². The lowest BCUT2D eigenvalue weighted by atomic mass is 10.0. The molecular weight excluding hydrogens is 340 g/mol. The summed E-state index contributed by atoms with van der Waals surface area (Å²) in [6.45, 7) is 2.74. The average Bonchev–Trinajstić information content (AvgIpc) is 2.71. The molecule has 0 atom stereocenters. The molecular formula is C22H28N2O3. The number of hydrogen-bond acceptors (Lipinski definition) is 3. The first kappa shape index (κ1) is 20.6. The van der Waals surface area contributed by atoms with E-state index in [9.17, 15) is 9.59 Å². The number of nitrogens with one attached hydrogen (secondary N) is 2. The Kier molecular flexibility index (Phi) is 8.52. The van der Waals surface area contributed by atoms with Crippen LogP contribution in [-0.2, 0) is 11.2 Å². The molecule has 0 radical (unpaired) electrons. The van der Waals surface area contributed by atoms with Crippen LogP contribution in [0, 0.1) is 0 Å². The molecule has 3 N–H and O–H groups in total. The molecule has 0 saturated heterocycles. The summed E-state index contributed by atoms with van der Waals surface area (Å²) < 4.78 is 0. The van der Waals surface area contributed by atoms with Crippen molar-refractivity contribution in [1.82, 2.24) is 10.8 Å². The number of benzene rings is 2. The second kappa shape index (κ2) is 11.1. The molecule has 0 spiro atoms. The summed E-state index contributed by atoms with van der Waals surface area (Å²) in [7, 11) is 0. The summed E-state index contributed by atoms with van der Waals surface area (Å²) in [6.07, 6.45) is 4.84. The third kappa shape index (κ3) is 6.87. The van der Waals surface area contributed by atoms with Crippen LogP contribution < -0.4 is 10.8 Å². The number of unbranched alkanes of at least 4 members (excludes halogenated alkanes) is 2. The molecule has 0 bridgehead atoms. The van der Waals surface area contributed by atoms with Crippen LogP contribution in [0.25, 0.3) is 11.1 Å². The van der Waals surface area contributed by atoms with Gasteiger partial charge in [0.2, 0.25) is 5.91 Å². The Bertz CT molecular complexity index is 724. The van der Waals surface area contributed by atoms with Crippen LogP contribution in [-0.4, -0.2) is 23.6 Å². The normalized spacial score (nSPS) is 10.4. The van der Waals surface area contributed by atoms with E-state index in [4.69, 9.17) is 5.21 Å². The molecule has 5 heteroatoms. The number of hydrogen-bond donors (Lipinski definition) is 3. The zero-order chi connectivity index (χ0) is 19.5. The average molecular weight is 368 g/mol. The van der Waals surface area contributed by atoms with Crippen molar-refractivity contribution in [3.63, 3.8) is 0 Å². The first-order valence-corrected chi connectivity index (χ1v) is 9.54. The van der Waals surface area contributed by atoms with Crippen LogP contribution >= 0.6 is 0 Å². The first-order chi connectivity index (χ1) is 13.1. The maximum atomic E-state index is 12.2. The molecule has 0 aliphatic heterocycles. The van der Waals surface area contributed by atoms with Crippen molar-refractivity contribution in [2.45, 2.75) is 45.4 Å². The van der Waals surface area contributed by atoms with Crippen LogP contribution in [0.5, 0.6) is 0 Å². The number of carbonyl (C=O) groups excluding carboxylic acids is 2. The van der Waals surface area contributed by atoms with E-state index in [-0.39, 0.29) is 11.8 Å². The van der Waals surface area contributed by atoms with E-state index in [0.29, 0.717) is 24.9 Å². The molecule has 5 nitrogen and oxygen atoms in total. The molecule has 2 amide bonds. The number of carbonyl (C=O) groups is 2. The minimum absolute atomic E-state index is 0.0899. The molecule has 0 heterocycles. The Morgan fingerprint density at radius 1 is 0.889 bits per heavy atom. The van der Waals surface area contributed by atoms with Gasteiger partial charge in [-0.15, -0.1) is 0 Å². The van der Waals surface area contributed by atoms with Crippen LogP contribution in [0.4, 0.5) is 0 Å². The van der Waals surface area contributed by atoms with Gasteiger partial charge in [-0.2, -0.15) is 0 Å². The van der Waals surface area contributed by atoms with Crippen molar-refractivity contribution >= 4 is 11.8 Å². The summed E-state index contributed by atoms with van der Waals surface area (Å²) >= 11 is 0. The summed E-state index contributed by atoms with van der Waals surface area (Å²) in [6, 6.07) is 16.2. The predicted molar refractivity (Wildman–Crippen MR) is 107 cm³/mol. The van der Waals surface area contributed by atoms with Gasteiger partial charge < -0.3 is 5.32 Å². The fourth-order valence-electron chi connectivity index (χ4n) is 2.91. The Morgan fingerprint density at radius 3 is 2.11 bits per heavy atom. The standard InChI is InChI=1S/C22H28N2O3/c1-2-6-17-8-10-18(11-9-17)19-12-14-20(15-13-19)22(26)23-16-5-3-4-7-21(25)24-27/h8-15,27H,2-7,16H2,1H3,(H,23,26)(H,24,25). The highest BCUT2D eigenvalue weighted by Gasteiger charge is 2.06. The van der Waals surface area contributed by atoms with Crippen molar-refractivity contribution in [2.75, 3.05) is 6.54 Å². The molecule has 2 aromatic rings. The van der Waals surface area contributed by atoms with Gasteiger partial charge in [-0.3, -0.25) is 14.8 Å². The van der Waals surface area contributed by atoms with Crippen molar-refractivity contribution in [1.29, 1.82) is 0 Å². The predicted octanol–water partition coefficient (Wildman–Crippen LogP) is 4.10. The first-order valence-electron chi connectivity index (χ1n) is 9.54. The van der Waals surface area contributed by atoms with Gasteiger partial charge in [0.25, 0.3) is 5.91 Å². The number of amides is 2. The fraction of sp³-hybridized carbons (Fsp3) is 0.364. The van der Waals surface area contributed by atoms with Crippen LogP contribution in [0.2, 0.25) is 0 Å². The number of aryl methyl sites for hydroxylation is 1. The van der Waals surface area contributed by atoms with Crippen LogP contribution in [0.3, 0.4) is 0 Å². The second-order valence-electron chi connectivity index (χ2n) is 6.63. The quantitative estimate of drug-likeness (QED) is 0.336. The molecule has 2 rings (SSSR count). The van der Waals surface area contributed by atoms with Gasteiger partial charge in [0.1, 0.15) is 0 Å². The van der Waals surface area contributed by atoms with E-state index >= 15 is 0 Å². The van der Waals surface area contributed by atoms with E-state index in [0.717, 1.165) is 36.8 Å². The van der Waals surface area contributed by atoms with E-state index in [1.54, 1.807) is 5.48 Å². The largest absolute Gasteiger partial charge is 0.352 e. The second-order valence-corrected chi connectivity index (χ2v) is 6.63. The lowest BCUT2D eigenvalue weighted by molar-refractivity contribution is -0.129. The lowest BCUT2D eigenvalue weighted by Crippen LogP contribution is -2.24. The monoisotopic (exact) mass is 368 g/mol. The van der Waals surface area contributed by atoms with E-state index in [1.807, 2.05) is 24.3 Å². The van der Waals surface area contributed by atoms with E-state index < -0.39 is 0 Å². The van der Waals surface area contributed by atoms with Crippen molar-refractivity contribution < 1.29 is 14.8 Å². The number of hydroxylamine groups is 1. The van der Waals surface area contributed by atoms with Crippen molar-refractivity contribution in [2.24, 2.45) is 0 Å². The Morgan fingerprint density at radius 2 is 1.52 bits per heavy atom.